The monoisotopic (exact) mass is 269 g/mol. The first kappa shape index (κ1) is 14.7. The molecule has 0 fully saturated rings. The van der Waals surface area contributed by atoms with E-state index in [1.54, 1.807) is 0 Å². The fraction of sp³-hybridized carbons (Fsp3) is 0.412. The van der Waals surface area contributed by atoms with Gasteiger partial charge in [0.2, 0.25) is 0 Å². The molecular formula is C17H23N3. The van der Waals surface area contributed by atoms with Gasteiger partial charge in [-0.15, -0.1) is 0 Å². The van der Waals surface area contributed by atoms with Crippen molar-refractivity contribution < 1.29 is 0 Å². The van der Waals surface area contributed by atoms with Crippen LogP contribution in [0.5, 0.6) is 0 Å². The molecule has 2 aromatic rings. The van der Waals surface area contributed by atoms with Crippen molar-refractivity contribution in [2.45, 2.75) is 38.5 Å². The van der Waals surface area contributed by atoms with Crippen LogP contribution in [0.15, 0.2) is 42.6 Å². The Morgan fingerprint density at radius 3 is 2.05 bits per heavy atom. The van der Waals surface area contributed by atoms with Gasteiger partial charge in [-0.1, -0.05) is 12.1 Å². The van der Waals surface area contributed by atoms with Gasteiger partial charge in [0.1, 0.15) is 0 Å². The van der Waals surface area contributed by atoms with Gasteiger partial charge < -0.3 is 5.73 Å². The van der Waals surface area contributed by atoms with Gasteiger partial charge in [-0.2, -0.15) is 0 Å². The maximum absolute atomic E-state index is 5.53. The molecule has 0 bridgehead atoms. The molecule has 2 N–H and O–H groups in total. The fourth-order valence-corrected chi connectivity index (χ4v) is 2.25. The second-order valence-electron chi connectivity index (χ2n) is 5.04. The fourth-order valence-electron chi connectivity index (χ4n) is 2.25. The summed E-state index contributed by atoms with van der Waals surface area (Å²) in [7, 11) is 0. The zero-order valence-corrected chi connectivity index (χ0v) is 12.0. The summed E-state index contributed by atoms with van der Waals surface area (Å²) in [6.07, 6.45) is 8.26. The second-order valence-corrected chi connectivity index (χ2v) is 5.04. The molecule has 0 amide bonds. The normalized spacial score (nSPS) is 10.7. The van der Waals surface area contributed by atoms with E-state index in [4.69, 9.17) is 5.73 Å². The number of hydrogen-bond acceptors (Lipinski definition) is 3. The number of hydrogen-bond donors (Lipinski definition) is 1. The van der Waals surface area contributed by atoms with Crippen LogP contribution in [0.1, 0.15) is 36.3 Å². The molecule has 0 saturated carbocycles. The number of aromatic nitrogens is 2. The van der Waals surface area contributed by atoms with Crippen LogP contribution in [-0.2, 0) is 19.3 Å². The lowest BCUT2D eigenvalue weighted by Gasteiger charge is -2.04. The third-order valence-electron chi connectivity index (χ3n) is 3.34. The molecule has 2 aromatic heterocycles. The predicted octanol–water partition coefficient (Wildman–Crippen LogP) is 2.93. The molecule has 0 saturated heterocycles. The number of nitrogens with zero attached hydrogens (tertiary/aromatic N) is 2. The van der Waals surface area contributed by atoms with Crippen molar-refractivity contribution in [3.63, 3.8) is 0 Å². The molecule has 3 nitrogen and oxygen atoms in total. The molecule has 3 heteroatoms. The number of unbranched alkanes of at least 4 members (excludes halogenated alkanes) is 1. The number of rotatable bonds is 8. The maximum Gasteiger partial charge on any atom is 0.0407 e. The lowest BCUT2D eigenvalue weighted by molar-refractivity contribution is 0.706. The van der Waals surface area contributed by atoms with E-state index in [-0.39, 0.29) is 0 Å². The van der Waals surface area contributed by atoms with Gasteiger partial charge >= 0.3 is 0 Å². The van der Waals surface area contributed by atoms with Crippen LogP contribution in [0, 0.1) is 0 Å². The van der Waals surface area contributed by atoms with E-state index in [1.807, 2.05) is 18.3 Å². The van der Waals surface area contributed by atoms with Crippen molar-refractivity contribution in [3.05, 3.63) is 59.7 Å². The average Bonchev–Trinajstić information content (AvgIpc) is 2.51. The van der Waals surface area contributed by atoms with Gasteiger partial charge in [-0.25, -0.2) is 0 Å². The van der Waals surface area contributed by atoms with E-state index in [1.165, 1.54) is 11.4 Å². The van der Waals surface area contributed by atoms with Gasteiger partial charge in [0.05, 0.1) is 0 Å². The van der Waals surface area contributed by atoms with Crippen molar-refractivity contribution in [1.82, 2.24) is 9.97 Å². The molecule has 106 valence electrons. The smallest absolute Gasteiger partial charge is 0.0407 e. The summed E-state index contributed by atoms with van der Waals surface area (Å²) >= 11 is 0. The van der Waals surface area contributed by atoms with Crippen molar-refractivity contribution in [2.24, 2.45) is 5.73 Å². The summed E-state index contributed by atoms with van der Waals surface area (Å²) in [5.41, 5.74) is 9.07. The Morgan fingerprint density at radius 1 is 0.750 bits per heavy atom. The highest BCUT2D eigenvalue weighted by molar-refractivity contribution is 5.11. The Bertz CT molecular complexity index is 497. The minimum Gasteiger partial charge on any atom is -0.330 e. The van der Waals surface area contributed by atoms with Crippen molar-refractivity contribution in [1.29, 1.82) is 0 Å². The number of nitrogens with two attached hydrogens (primary N) is 1. The van der Waals surface area contributed by atoms with Gasteiger partial charge in [0.15, 0.2) is 0 Å². The third-order valence-corrected chi connectivity index (χ3v) is 3.34. The highest BCUT2D eigenvalue weighted by Gasteiger charge is 1.99. The lowest BCUT2D eigenvalue weighted by atomic mass is 10.1. The van der Waals surface area contributed by atoms with E-state index in [2.05, 4.69) is 34.2 Å². The molecule has 0 radical (unpaired) electrons. The predicted molar refractivity (Wildman–Crippen MR) is 82.5 cm³/mol. The van der Waals surface area contributed by atoms with Crippen molar-refractivity contribution in [3.8, 4) is 0 Å². The van der Waals surface area contributed by atoms with Crippen LogP contribution in [0.4, 0.5) is 0 Å². The van der Waals surface area contributed by atoms with Gasteiger partial charge in [0, 0.05) is 23.3 Å². The Kier molecular flexibility index (Phi) is 6.18. The molecule has 2 heterocycles. The SMILES string of the molecule is NCCCc1cccc(CCCCc2ccccn2)n1. The molecule has 0 atom stereocenters. The lowest BCUT2D eigenvalue weighted by Crippen LogP contribution is -2.02. The molecule has 2 rings (SSSR count). The first-order valence-electron chi connectivity index (χ1n) is 7.43. The number of aryl methyl sites for hydroxylation is 3. The largest absolute Gasteiger partial charge is 0.330 e. The first-order valence-corrected chi connectivity index (χ1v) is 7.43. The summed E-state index contributed by atoms with van der Waals surface area (Å²) in [6.45, 7) is 0.732. The average molecular weight is 269 g/mol. The van der Waals surface area contributed by atoms with E-state index < -0.39 is 0 Å². The molecule has 20 heavy (non-hydrogen) atoms. The molecular weight excluding hydrogens is 246 g/mol. The Labute approximate surface area is 121 Å². The minimum absolute atomic E-state index is 0.732. The van der Waals surface area contributed by atoms with Gasteiger partial charge in [-0.05, 0) is 69.3 Å². The third kappa shape index (κ3) is 5.10. The molecule has 0 aliphatic carbocycles. The van der Waals surface area contributed by atoms with Gasteiger partial charge in [0.25, 0.3) is 0 Å². The van der Waals surface area contributed by atoms with Crippen LogP contribution in [0.25, 0.3) is 0 Å². The molecule has 0 unspecified atom stereocenters. The van der Waals surface area contributed by atoms with Crippen LogP contribution in [0.2, 0.25) is 0 Å². The molecule has 0 aliphatic rings. The van der Waals surface area contributed by atoms with Crippen LogP contribution in [-0.4, -0.2) is 16.5 Å². The quantitative estimate of drug-likeness (QED) is 0.750. The topological polar surface area (TPSA) is 51.8 Å². The van der Waals surface area contributed by atoms with E-state index in [0.717, 1.165) is 50.8 Å². The van der Waals surface area contributed by atoms with Crippen molar-refractivity contribution in [2.75, 3.05) is 6.54 Å². The zero-order chi connectivity index (χ0) is 14.0. The van der Waals surface area contributed by atoms with Gasteiger partial charge in [-0.3, -0.25) is 9.97 Å². The summed E-state index contributed by atoms with van der Waals surface area (Å²) in [5.74, 6) is 0. The minimum atomic E-state index is 0.732. The number of pyridine rings is 2. The summed E-state index contributed by atoms with van der Waals surface area (Å²) < 4.78 is 0. The van der Waals surface area contributed by atoms with Crippen molar-refractivity contribution >= 4 is 0 Å². The standard InChI is InChI=1S/C17H23N3/c18-13-6-12-17-11-5-10-16(20-17)9-2-1-7-15-8-3-4-14-19-15/h3-5,8,10-11,14H,1-2,6-7,9,12-13,18H2. The molecule has 0 aliphatic heterocycles. The van der Waals surface area contributed by atoms with E-state index in [0.29, 0.717) is 0 Å². The maximum atomic E-state index is 5.53. The van der Waals surface area contributed by atoms with E-state index in [9.17, 15) is 0 Å². The first-order chi connectivity index (χ1) is 9.88. The Hall–Kier alpha value is -1.74. The van der Waals surface area contributed by atoms with Crippen LogP contribution < -0.4 is 5.73 Å². The zero-order valence-electron chi connectivity index (χ0n) is 12.0. The van der Waals surface area contributed by atoms with Crippen LogP contribution >= 0.6 is 0 Å². The van der Waals surface area contributed by atoms with Crippen LogP contribution in [0.3, 0.4) is 0 Å². The summed E-state index contributed by atoms with van der Waals surface area (Å²) in [4.78, 5) is 9.03. The van der Waals surface area contributed by atoms with E-state index >= 15 is 0 Å². The molecule has 0 spiro atoms. The Morgan fingerprint density at radius 2 is 1.40 bits per heavy atom. The summed E-state index contributed by atoms with van der Waals surface area (Å²) in [5, 5.41) is 0. The highest BCUT2D eigenvalue weighted by Crippen LogP contribution is 2.08. The molecule has 0 aromatic carbocycles. The highest BCUT2D eigenvalue weighted by atomic mass is 14.7. The second kappa shape index (κ2) is 8.43. The summed E-state index contributed by atoms with van der Waals surface area (Å²) in [6, 6.07) is 12.4. The Balaban J connectivity index is 1.73.